The van der Waals surface area contributed by atoms with E-state index in [1.54, 1.807) is 0 Å². The highest BCUT2D eigenvalue weighted by Crippen LogP contribution is 2.37. The molecule has 3 rings (SSSR count). The van der Waals surface area contributed by atoms with Crippen molar-refractivity contribution in [3.63, 3.8) is 0 Å². The van der Waals surface area contributed by atoms with Crippen LogP contribution in [0.3, 0.4) is 0 Å². The molecule has 0 aliphatic heterocycles. The van der Waals surface area contributed by atoms with Crippen molar-refractivity contribution in [1.82, 2.24) is 0 Å². The van der Waals surface area contributed by atoms with Gasteiger partial charge in [0, 0.05) is 12.2 Å². The molecule has 1 aliphatic rings. The number of nitrogens with zero attached hydrogens (tertiary/aromatic N) is 1. The van der Waals surface area contributed by atoms with E-state index in [4.69, 9.17) is 5.26 Å². The molecular formula is C19H20N2. The first-order chi connectivity index (χ1) is 10.1. The molecule has 1 aliphatic carbocycles. The molecule has 2 aromatic carbocycles. The SMILES string of the molecule is CC(C)(C#N)CCNc1ccc2c(c1)Cc1ccccc1-2. The van der Waals surface area contributed by atoms with Crippen LogP contribution in [0.4, 0.5) is 5.69 Å². The van der Waals surface area contributed by atoms with Crippen molar-refractivity contribution >= 4 is 5.69 Å². The van der Waals surface area contributed by atoms with Gasteiger partial charge in [0.15, 0.2) is 0 Å². The number of benzene rings is 2. The molecule has 0 unspecified atom stereocenters. The lowest BCUT2D eigenvalue weighted by atomic mass is 9.91. The molecule has 21 heavy (non-hydrogen) atoms. The van der Waals surface area contributed by atoms with Crippen LogP contribution in [0.15, 0.2) is 42.5 Å². The summed E-state index contributed by atoms with van der Waals surface area (Å²) in [5.41, 5.74) is 6.41. The Morgan fingerprint density at radius 2 is 1.86 bits per heavy atom. The van der Waals surface area contributed by atoms with Gasteiger partial charge in [0.05, 0.1) is 11.5 Å². The largest absolute Gasteiger partial charge is 0.385 e. The van der Waals surface area contributed by atoms with Gasteiger partial charge in [-0.05, 0) is 61.1 Å². The van der Waals surface area contributed by atoms with E-state index in [1.807, 2.05) is 13.8 Å². The van der Waals surface area contributed by atoms with Crippen molar-refractivity contribution in [2.45, 2.75) is 26.7 Å². The van der Waals surface area contributed by atoms with Crippen molar-refractivity contribution < 1.29 is 0 Å². The van der Waals surface area contributed by atoms with Crippen molar-refractivity contribution in [2.24, 2.45) is 5.41 Å². The van der Waals surface area contributed by atoms with E-state index in [-0.39, 0.29) is 5.41 Å². The normalized spacial score (nSPS) is 12.4. The average Bonchev–Trinajstić information content (AvgIpc) is 2.85. The summed E-state index contributed by atoms with van der Waals surface area (Å²) in [4.78, 5) is 0. The van der Waals surface area contributed by atoms with Crippen LogP contribution in [-0.2, 0) is 6.42 Å². The number of nitrogens with one attached hydrogen (secondary N) is 1. The number of anilines is 1. The molecule has 0 heterocycles. The topological polar surface area (TPSA) is 35.8 Å². The van der Waals surface area contributed by atoms with Gasteiger partial charge < -0.3 is 5.32 Å². The summed E-state index contributed by atoms with van der Waals surface area (Å²) >= 11 is 0. The zero-order valence-electron chi connectivity index (χ0n) is 12.6. The lowest BCUT2D eigenvalue weighted by Gasteiger charge is -2.16. The monoisotopic (exact) mass is 276 g/mol. The third-order valence-electron chi connectivity index (χ3n) is 4.18. The molecule has 1 N–H and O–H groups in total. The summed E-state index contributed by atoms with van der Waals surface area (Å²) in [6, 6.07) is 17.5. The molecule has 2 nitrogen and oxygen atoms in total. The van der Waals surface area contributed by atoms with E-state index >= 15 is 0 Å². The lowest BCUT2D eigenvalue weighted by molar-refractivity contribution is 0.466. The first-order valence-corrected chi connectivity index (χ1v) is 7.45. The predicted octanol–water partition coefficient (Wildman–Crippen LogP) is 4.61. The Bertz CT molecular complexity index is 708. The van der Waals surface area contributed by atoms with Gasteiger partial charge in [-0.3, -0.25) is 0 Å². The molecule has 0 fully saturated rings. The molecule has 0 aromatic heterocycles. The van der Waals surface area contributed by atoms with Crippen LogP contribution < -0.4 is 5.32 Å². The molecule has 0 radical (unpaired) electrons. The molecule has 106 valence electrons. The van der Waals surface area contributed by atoms with Gasteiger partial charge in [0.1, 0.15) is 0 Å². The number of fused-ring (bicyclic) bond motifs is 3. The second-order valence-corrected chi connectivity index (χ2v) is 6.38. The van der Waals surface area contributed by atoms with Crippen molar-refractivity contribution in [1.29, 1.82) is 5.26 Å². The summed E-state index contributed by atoms with van der Waals surface area (Å²) in [5.74, 6) is 0. The second-order valence-electron chi connectivity index (χ2n) is 6.38. The Hall–Kier alpha value is -2.27. The molecule has 0 saturated carbocycles. The van der Waals surface area contributed by atoms with Crippen LogP contribution in [0.5, 0.6) is 0 Å². The zero-order chi connectivity index (χ0) is 14.9. The van der Waals surface area contributed by atoms with Crippen LogP contribution >= 0.6 is 0 Å². The van der Waals surface area contributed by atoms with Crippen molar-refractivity contribution in [2.75, 3.05) is 11.9 Å². The fraction of sp³-hybridized carbons (Fsp3) is 0.316. The minimum absolute atomic E-state index is 0.264. The summed E-state index contributed by atoms with van der Waals surface area (Å²) < 4.78 is 0. The highest BCUT2D eigenvalue weighted by atomic mass is 14.9. The van der Waals surface area contributed by atoms with Crippen LogP contribution in [0, 0.1) is 16.7 Å². The fourth-order valence-electron chi connectivity index (χ4n) is 2.83. The van der Waals surface area contributed by atoms with Gasteiger partial charge in [0.2, 0.25) is 0 Å². The van der Waals surface area contributed by atoms with Gasteiger partial charge >= 0.3 is 0 Å². The summed E-state index contributed by atoms with van der Waals surface area (Å²) in [5, 5.41) is 12.5. The number of rotatable bonds is 4. The summed E-state index contributed by atoms with van der Waals surface area (Å²) in [7, 11) is 0. The van der Waals surface area contributed by atoms with Gasteiger partial charge in [-0.1, -0.05) is 30.3 Å². The lowest BCUT2D eigenvalue weighted by Crippen LogP contribution is -2.14. The fourth-order valence-corrected chi connectivity index (χ4v) is 2.83. The Kier molecular flexibility index (Phi) is 3.43. The maximum Gasteiger partial charge on any atom is 0.0684 e. The number of nitriles is 1. The number of hydrogen-bond donors (Lipinski definition) is 1. The van der Waals surface area contributed by atoms with Crippen LogP contribution in [-0.4, -0.2) is 6.54 Å². The standard InChI is InChI=1S/C19H20N2/c1-19(2,13-20)9-10-21-16-7-8-18-15(12-16)11-14-5-3-4-6-17(14)18/h3-8,12,21H,9-11H2,1-2H3. The molecule has 0 bridgehead atoms. The minimum atomic E-state index is -0.264. The van der Waals surface area contributed by atoms with E-state index in [1.165, 1.54) is 22.3 Å². The van der Waals surface area contributed by atoms with E-state index in [9.17, 15) is 0 Å². The van der Waals surface area contributed by atoms with Crippen LogP contribution in [0.1, 0.15) is 31.4 Å². The van der Waals surface area contributed by atoms with E-state index in [0.717, 1.165) is 25.1 Å². The van der Waals surface area contributed by atoms with E-state index in [0.29, 0.717) is 0 Å². The molecule has 0 atom stereocenters. The smallest absolute Gasteiger partial charge is 0.0684 e. The highest BCUT2D eigenvalue weighted by Gasteiger charge is 2.18. The molecule has 2 heteroatoms. The van der Waals surface area contributed by atoms with Gasteiger partial charge in [-0.15, -0.1) is 0 Å². The summed E-state index contributed by atoms with van der Waals surface area (Å²) in [6.07, 6.45) is 1.87. The van der Waals surface area contributed by atoms with Gasteiger partial charge in [0.25, 0.3) is 0 Å². The Morgan fingerprint density at radius 1 is 1.10 bits per heavy atom. The van der Waals surface area contributed by atoms with Crippen LogP contribution in [0.25, 0.3) is 11.1 Å². The first kappa shape index (κ1) is 13.7. The molecule has 0 saturated heterocycles. The maximum atomic E-state index is 9.04. The molecule has 2 aromatic rings. The zero-order valence-corrected chi connectivity index (χ0v) is 12.6. The van der Waals surface area contributed by atoms with E-state index < -0.39 is 0 Å². The van der Waals surface area contributed by atoms with Crippen molar-refractivity contribution in [3.05, 3.63) is 53.6 Å². The highest BCUT2D eigenvalue weighted by molar-refractivity contribution is 5.78. The average molecular weight is 276 g/mol. The quantitative estimate of drug-likeness (QED) is 0.755. The predicted molar refractivity (Wildman–Crippen MR) is 87.2 cm³/mol. The Morgan fingerprint density at radius 3 is 2.67 bits per heavy atom. The number of hydrogen-bond acceptors (Lipinski definition) is 2. The first-order valence-electron chi connectivity index (χ1n) is 7.45. The summed E-state index contributed by atoms with van der Waals surface area (Å²) in [6.45, 7) is 4.79. The molecule has 0 amide bonds. The van der Waals surface area contributed by atoms with Crippen LogP contribution in [0.2, 0.25) is 0 Å². The van der Waals surface area contributed by atoms with E-state index in [2.05, 4.69) is 53.9 Å². The van der Waals surface area contributed by atoms with Gasteiger partial charge in [-0.25, -0.2) is 0 Å². The Labute approximate surface area is 126 Å². The Balaban J connectivity index is 1.72. The third kappa shape index (κ3) is 2.78. The van der Waals surface area contributed by atoms with Crippen molar-refractivity contribution in [3.8, 4) is 17.2 Å². The maximum absolute atomic E-state index is 9.04. The molecule has 0 spiro atoms. The second kappa shape index (κ2) is 5.26. The van der Waals surface area contributed by atoms with Gasteiger partial charge in [-0.2, -0.15) is 5.26 Å². The third-order valence-corrected chi connectivity index (χ3v) is 4.18. The molecular weight excluding hydrogens is 256 g/mol. The minimum Gasteiger partial charge on any atom is -0.385 e.